The van der Waals surface area contributed by atoms with Crippen LogP contribution in [0.2, 0.25) is 0 Å². The third-order valence-electron chi connectivity index (χ3n) is 3.52. The summed E-state index contributed by atoms with van der Waals surface area (Å²) in [4.78, 5) is 2.32. The van der Waals surface area contributed by atoms with Gasteiger partial charge >= 0.3 is 0 Å². The van der Waals surface area contributed by atoms with Crippen molar-refractivity contribution >= 4 is 0 Å². The zero-order valence-electron chi connectivity index (χ0n) is 9.87. The van der Waals surface area contributed by atoms with E-state index in [4.69, 9.17) is 0 Å². The highest BCUT2D eigenvalue weighted by atomic mass is 16.3. The molecule has 0 aliphatic heterocycles. The van der Waals surface area contributed by atoms with Crippen molar-refractivity contribution in [3.63, 3.8) is 0 Å². The molecule has 1 fully saturated rings. The van der Waals surface area contributed by atoms with Crippen molar-refractivity contribution in [3.05, 3.63) is 0 Å². The lowest BCUT2D eigenvalue weighted by molar-refractivity contribution is -0.0681. The molecule has 2 nitrogen and oxygen atoms in total. The van der Waals surface area contributed by atoms with Crippen LogP contribution >= 0.6 is 0 Å². The van der Waals surface area contributed by atoms with Gasteiger partial charge in [-0.05, 0) is 31.6 Å². The van der Waals surface area contributed by atoms with E-state index < -0.39 is 0 Å². The van der Waals surface area contributed by atoms with Crippen LogP contribution in [0.1, 0.15) is 52.9 Å². The molecule has 1 rings (SSSR count). The van der Waals surface area contributed by atoms with Gasteiger partial charge in [-0.2, -0.15) is 0 Å². The zero-order valence-corrected chi connectivity index (χ0v) is 9.87. The second kappa shape index (κ2) is 5.72. The Balaban J connectivity index is 2.43. The van der Waals surface area contributed by atoms with Gasteiger partial charge in [0.05, 0.1) is 0 Å². The highest BCUT2D eigenvalue weighted by Gasteiger charge is 2.34. The Bertz CT molecular complexity index is 160. The van der Waals surface area contributed by atoms with Crippen LogP contribution < -0.4 is 0 Å². The molecule has 84 valence electrons. The Morgan fingerprint density at radius 3 is 2.43 bits per heavy atom. The first kappa shape index (κ1) is 12.0. The van der Waals surface area contributed by atoms with Gasteiger partial charge < -0.3 is 5.11 Å². The molecule has 0 aromatic rings. The Hall–Kier alpha value is -0.0800. The largest absolute Gasteiger partial charge is 0.378 e. The summed E-state index contributed by atoms with van der Waals surface area (Å²) in [7, 11) is 0. The normalized spacial score (nSPS) is 28.9. The molecular weight excluding hydrogens is 174 g/mol. The summed E-state index contributed by atoms with van der Waals surface area (Å²) in [6.07, 6.45) is 5.68. The first-order valence-electron chi connectivity index (χ1n) is 6.14. The second-order valence-corrected chi connectivity index (χ2v) is 4.60. The van der Waals surface area contributed by atoms with Gasteiger partial charge in [0.2, 0.25) is 0 Å². The Morgan fingerprint density at radius 1 is 1.36 bits per heavy atom. The van der Waals surface area contributed by atoms with E-state index in [9.17, 15) is 5.11 Å². The maximum absolute atomic E-state index is 9.92. The van der Waals surface area contributed by atoms with Gasteiger partial charge in [-0.15, -0.1) is 0 Å². The van der Waals surface area contributed by atoms with Gasteiger partial charge in [0.15, 0.2) is 0 Å². The molecule has 0 radical (unpaired) electrons. The molecule has 1 saturated carbocycles. The van der Waals surface area contributed by atoms with E-state index in [1.54, 1.807) is 0 Å². The number of hydrogen-bond acceptors (Lipinski definition) is 2. The van der Waals surface area contributed by atoms with Gasteiger partial charge in [-0.1, -0.05) is 27.2 Å². The standard InChI is InChI=1S/C12H25NO/c1-4-6-9-13(12(14)5-2)11-8-7-10(11)3/h10-12,14H,4-9H2,1-3H3. The summed E-state index contributed by atoms with van der Waals surface area (Å²) in [5, 5.41) is 9.92. The molecule has 0 amide bonds. The SMILES string of the molecule is CCCCN(C(O)CC)C1CCC1C. The average Bonchev–Trinajstić information content (AvgIpc) is 2.20. The first-order valence-corrected chi connectivity index (χ1v) is 6.14. The Morgan fingerprint density at radius 2 is 2.07 bits per heavy atom. The summed E-state index contributed by atoms with van der Waals surface area (Å²) < 4.78 is 0. The molecule has 0 bridgehead atoms. The summed E-state index contributed by atoms with van der Waals surface area (Å²) in [5.74, 6) is 0.785. The Kier molecular flexibility index (Phi) is 4.90. The Labute approximate surface area is 88.3 Å². The quantitative estimate of drug-likeness (QED) is 0.665. The monoisotopic (exact) mass is 199 g/mol. The van der Waals surface area contributed by atoms with Crippen LogP contribution in [0.3, 0.4) is 0 Å². The first-order chi connectivity index (χ1) is 6.70. The molecule has 0 heterocycles. The smallest absolute Gasteiger partial charge is 0.107 e. The van der Waals surface area contributed by atoms with Crippen molar-refractivity contribution in [2.75, 3.05) is 6.54 Å². The van der Waals surface area contributed by atoms with Gasteiger partial charge in [-0.3, -0.25) is 4.90 Å². The number of hydrogen-bond donors (Lipinski definition) is 1. The minimum Gasteiger partial charge on any atom is -0.378 e. The van der Waals surface area contributed by atoms with Crippen LogP contribution in [0.4, 0.5) is 0 Å². The van der Waals surface area contributed by atoms with Crippen molar-refractivity contribution in [2.24, 2.45) is 5.92 Å². The van der Waals surface area contributed by atoms with Crippen molar-refractivity contribution < 1.29 is 5.11 Å². The van der Waals surface area contributed by atoms with E-state index in [1.807, 2.05) is 0 Å². The molecule has 0 aromatic heterocycles. The van der Waals surface area contributed by atoms with Crippen LogP contribution in [0.25, 0.3) is 0 Å². The fourth-order valence-corrected chi connectivity index (χ4v) is 2.25. The van der Waals surface area contributed by atoms with Crippen LogP contribution in [0.5, 0.6) is 0 Å². The molecule has 1 aliphatic carbocycles. The van der Waals surface area contributed by atoms with Crippen LogP contribution in [0.15, 0.2) is 0 Å². The predicted molar refractivity (Wildman–Crippen MR) is 60.1 cm³/mol. The van der Waals surface area contributed by atoms with E-state index in [0.29, 0.717) is 6.04 Å². The van der Waals surface area contributed by atoms with Gasteiger partial charge in [0.1, 0.15) is 6.23 Å². The van der Waals surface area contributed by atoms with E-state index >= 15 is 0 Å². The van der Waals surface area contributed by atoms with Crippen molar-refractivity contribution in [1.82, 2.24) is 4.90 Å². The molecule has 1 aliphatic rings. The van der Waals surface area contributed by atoms with E-state index in [2.05, 4.69) is 25.7 Å². The summed E-state index contributed by atoms with van der Waals surface area (Å²) in [5.41, 5.74) is 0. The fourth-order valence-electron chi connectivity index (χ4n) is 2.25. The van der Waals surface area contributed by atoms with Crippen LogP contribution in [-0.2, 0) is 0 Å². The van der Waals surface area contributed by atoms with Gasteiger partial charge in [-0.25, -0.2) is 0 Å². The van der Waals surface area contributed by atoms with Gasteiger partial charge in [0.25, 0.3) is 0 Å². The lowest BCUT2D eigenvalue weighted by Crippen LogP contribution is -2.51. The predicted octanol–water partition coefficient (Wildman–Crippen LogP) is 2.62. The lowest BCUT2D eigenvalue weighted by Gasteiger charge is -2.45. The topological polar surface area (TPSA) is 23.5 Å². The molecular formula is C12H25NO. The van der Waals surface area contributed by atoms with E-state index in [1.165, 1.54) is 25.7 Å². The summed E-state index contributed by atoms with van der Waals surface area (Å²) in [6, 6.07) is 0.650. The van der Waals surface area contributed by atoms with Crippen molar-refractivity contribution in [3.8, 4) is 0 Å². The molecule has 0 saturated heterocycles. The molecule has 0 spiro atoms. The van der Waals surface area contributed by atoms with Crippen molar-refractivity contribution in [2.45, 2.75) is 65.1 Å². The molecule has 2 heteroatoms. The molecule has 0 aromatic carbocycles. The maximum atomic E-state index is 9.92. The summed E-state index contributed by atoms with van der Waals surface area (Å²) in [6.45, 7) is 7.64. The highest BCUT2D eigenvalue weighted by molar-refractivity contribution is 4.87. The van der Waals surface area contributed by atoms with E-state index in [-0.39, 0.29) is 6.23 Å². The molecule has 3 unspecified atom stereocenters. The van der Waals surface area contributed by atoms with Crippen LogP contribution in [-0.4, -0.2) is 28.8 Å². The zero-order chi connectivity index (χ0) is 10.6. The third-order valence-corrected chi connectivity index (χ3v) is 3.52. The number of rotatable bonds is 6. The second-order valence-electron chi connectivity index (χ2n) is 4.60. The van der Waals surface area contributed by atoms with E-state index in [0.717, 1.165) is 18.9 Å². The minimum atomic E-state index is -0.214. The highest BCUT2D eigenvalue weighted by Crippen LogP contribution is 2.33. The maximum Gasteiger partial charge on any atom is 0.107 e. The third kappa shape index (κ3) is 2.71. The number of aliphatic hydroxyl groups is 1. The molecule has 14 heavy (non-hydrogen) atoms. The average molecular weight is 199 g/mol. The fraction of sp³-hybridized carbons (Fsp3) is 1.00. The summed E-state index contributed by atoms with van der Waals surface area (Å²) >= 11 is 0. The minimum absolute atomic E-state index is 0.214. The molecule has 1 N–H and O–H groups in total. The van der Waals surface area contributed by atoms with Crippen molar-refractivity contribution in [1.29, 1.82) is 0 Å². The van der Waals surface area contributed by atoms with Crippen LogP contribution in [0, 0.1) is 5.92 Å². The number of nitrogens with zero attached hydrogens (tertiary/aromatic N) is 1. The number of unbranched alkanes of at least 4 members (excludes halogenated alkanes) is 1. The lowest BCUT2D eigenvalue weighted by atomic mass is 9.79. The molecule has 3 atom stereocenters. The number of aliphatic hydroxyl groups excluding tert-OH is 1. The van der Waals surface area contributed by atoms with Gasteiger partial charge in [0, 0.05) is 12.6 Å².